The summed E-state index contributed by atoms with van der Waals surface area (Å²) in [5.41, 5.74) is 2.25. The number of fused-ring (bicyclic) bond motifs is 1. The van der Waals surface area contributed by atoms with Crippen molar-refractivity contribution >= 4 is 10.9 Å². The number of aromatic nitrogens is 1. The first kappa shape index (κ1) is 8.30. The molecule has 0 saturated heterocycles. The van der Waals surface area contributed by atoms with Crippen LogP contribution in [0, 0.1) is 6.92 Å². The third-order valence-electron chi connectivity index (χ3n) is 2.33. The molecule has 0 radical (unpaired) electrons. The molecule has 1 nitrogen and oxygen atoms in total. The van der Waals surface area contributed by atoms with Crippen LogP contribution in [0.15, 0.2) is 30.3 Å². The van der Waals surface area contributed by atoms with Gasteiger partial charge in [-0.2, -0.15) is 0 Å². The Hall–Kier alpha value is -1.31. The van der Waals surface area contributed by atoms with Crippen molar-refractivity contribution in [1.29, 1.82) is 0 Å². The largest absolute Gasteiger partial charge is 0.342 e. The second-order valence-corrected chi connectivity index (χ2v) is 3.19. The average molecular weight is 177 g/mol. The summed E-state index contributed by atoms with van der Waals surface area (Å²) in [5.74, 6) is 0. The topological polar surface area (TPSA) is 4.93 Å². The number of halogens is 1. The van der Waals surface area contributed by atoms with E-state index in [1.807, 2.05) is 29.7 Å². The Morgan fingerprint density at radius 2 is 2.08 bits per heavy atom. The van der Waals surface area contributed by atoms with E-state index in [1.54, 1.807) is 0 Å². The number of nitrogens with zero attached hydrogens (tertiary/aromatic N) is 1. The van der Waals surface area contributed by atoms with Gasteiger partial charge in [0, 0.05) is 11.2 Å². The summed E-state index contributed by atoms with van der Waals surface area (Å²) >= 11 is 0. The highest BCUT2D eigenvalue weighted by atomic mass is 19.1. The number of para-hydroxylation sites is 1. The van der Waals surface area contributed by atoms with Crippen molar-refractivity contribution in [2.75, 3.05) is 6.67 Å². The van der Waals surface area contributed by atoms with Crippen LogP contribution in [0.1, 0.15) is 5.69 Å². The van der Waals surface area contributed by atoms with Crippen LogP contribution in [0.2, 0.25) is 0 Å². The maximum Gasteiger partial charge on any atom is 0.107 e. The van der Waals surface area contributed by atoms with Crippen LogP contribution in [-0.2, 0) is 6.54 Å². The van der Waals surface area contributed by atoms with Crippen LogP contribution >= 0.6 is 0 Å². The minimum Gasteiger partial charge on any atom is -0.342 e. The molecular weight excluding hydrogens is 165 g/mol. The highest BCUT2D eigenvalue weighted by molar-refractivity contribution is 5.81. The molecule has 2 rings (SSSR count). The molecule has 0 unspecified atom stereocenters. The van der Waals surface area contributed by atoms with Gasteiger partial charge in [0.15, 0.2) is 0 Å². The summed E-state index contributed by atoms with van der Waals surface area (Å²) < 4.78 is 14.3. The third-order valence-corrected chi connectivity index (χ3v) is 2.33. The van der Waals surface area contributed by atoms with Gasteiger partial charge in [0.1, 0.15) is 6.67 Å². The molecule has 13 heavy (non-hydrogen) atoms. The van der Waals surface area contributed by atoms with Crippen molar-refractivity contribution < 1.29 is 4.39 Å². The minimum absolute atomic E-state index is 0.306. The van der Waals surface area contributed by atoms with E-state index < -0.39 is 0 Å². The maximum atomic E-state index is 12.2. The maximum absolute atomic E-state index is 12.2. The summed E-state index contributed by atoms with van der Waals surface area (Å²) in [6, 6.07) is 10.2. The molecule has 0 bridgehead atoms. The lowest BCUT2D eigenvalue weighted by atomic mass is 10.2. The second kappa shape index (κ2) is 3.21. The predicted molar refractivity (Wildman–Crippen MR) is 52.7 cm³/mol. The zero-order valence-electron chi connectivity index (χ0n) is 7.63. The first-order valence-corrected chi connectivity index (χ1v) is 4.44. The molecule has 0 aliphatic heterocycles. The van der Waals surface area contributed by atoms with Crippen LogP contribution in [0.5, 0.6) is 0 Å². The van der Waals surface area contributed by atoms with E-state index in [-0.39, 0.29) is 6.67 Å². The SMILES string of the molecule is Cc1cc2ccccc2n1CCF. The fraction of sp³-hybridized carbons (Fsp3) is 0.273. The van der Waals surface area contributed by atoms with Gasteiger partial charge in [-0.25, -0.2) is 4.39 Å². The Kier molecular flexibility index (Phi) is 2.05. The Bertz CT molecular complexity index is 417. The number of hydrogen-bond acceptors (Lipinski definition) is 0. The zero-order chi connectivity index (χ0) is 9.26. The molecular formula is C11H12FN. The van der Waals surface area contributed by atoms with Gasteiger partial charge in [-0.15, -0.1) is 0 Å². The van der Waals surface area contributed by atoms with E-state index in [9.17, 15) is 4.39 Å². The number of rotatable bonds is 2. The lowest BCUT2D eigenvalue weighted by Crippen LogP contribution is -2.00. The van der Waals surface area contributed by atoms with Crippen LogP contribution in [-0.4, -0.2) is 11.2 Å². The van der Waals surface area contributed by atoms with E-state index >= 15 is 0 Å². The standard InChI is InChI=1S/C11H12FN/c1-9-8-10-4-2-3-5-11(10)13(9)7-6-12/h2-5,8H,6-7H2,1H3. The number of aryl methyl sites for hydroxylation is 2. The molecule has 2 aromatic rings. The summed E-state index contributed by atoms with van der Waals surface area (Å²) in [6.07, 6.45) is 0. The molecule has 0 spiro atoms. The lowest BCUT2D eigenvalue weighted by molar-refractivity contribution is 0.448. The number of benzene rings is 1. The van der Waals surface area contributed by atoms with Gasteiger partial charge in [0.05, 0.1) is 6.54 Å². The summed E-state index contributed by atoms with van der Waals surface area (Å²) in [7, 11) is 0. The van der Waals surface area contributed by atoms with Crippen molar-refractivity contribution in [2.24, 2.45) is 0 Å². The quantitative estimate of drug-likeness (QED) is 0.664. The van der Waals surface area contributed by atoms with Gasteiger partial charge in [0.2, 0.25) is 0 Å². The highest BCUT2D eigenvalue weighted by Crippen LogP contribution is 2.18. The third kappa shape index (κ3) is 1.32. The van der Waals surface area contributed by atoms with E-state index in [0.29, 0.717) is 6.54 Å². The Morgan fingerprint density at radius 3 is 2.85 bits per heavy atom. The molecule has 1 heterocycles. The molecule has 1 aromatic carbocycles. The van der Waals surface area contributed by atoms with Crippen molar-refractivity contribution in [1.82, 2.24) is 4.57 Å². The van der Waals surface area contributed by atoms with Gasteiger partial charge in [0.25, 0.3) is 0 Å². The van der Waals surface area contributed by atoms with E-state index in [1.165, 1.54) is 5.39 Å². The summed E-state index contributed by atoms with van der Waals surface area (Å²) in [5, 5.41) is 1.19. The number of alkyl halides is 1. The smallest absolute Gasteiger partial charge is 0.107 e. The van der Waals surface area contributed by atoms with Gasteiger partial charge in [-0.1, -0.05) is 18.2 Å². The highest BCUT2D eigenvalue weighted by Gasteiger charge is 2.03. The summed E-state index contributed by atoms with van der Waals surface area (Å²) in [6.45, 7) is 2.16. The Labute approximate surface area is 76.8 Å². The lowest BCUT2D eigenvalue weighted by Gasteiger charge is -2.03. The van der Waals surface area contributed by atoms with Crippen LogP contribution in [0.25, 0.3) is 10.9 Å². The fourth-order valence-electron chi connectivity index (χ4n) is 1.73. The van der Waals surface area contributed by atoms with Gasteiger partial charge in [-0.05, 0) is 24.4 Å². The fourth-order valence-corrected chi connectivity index (χ4v) is 1.73. The predicted octanol–water partition coefficient (Wildman–Crippen LogP) is 2.92. The van der Waals surface area contributed by atoms with Gasteiger partial charge < -0.3 is 4.57 Å². The van der Waals surface area contributed by atoms with Crippen molar-refractivity contribution in [3.63, 3.8) is 0 Å². The number of hydrogen-bond donors (Lipinski definition) is 0. The van der Waals surface area contributed by atoms with Crippen LogP contribution in [0.3, 0.4) is 0 Å². The molecule has 0 atom stereocenters. The van der Waals surface area contributed by atoms with Gasteiger partial charge >= 0.3 is 0 Å². The van der Waals surface area contributed by atoms with Crippen molar-refractivity contribution in [3.8, 4) is 0 Å². The molecule has 0 aliphatic rings. The molecule has 0 saturated carbocycles. The van der Waals surface area contributed by atoms with Gasteiger partial charge in [-0.3, -0.25) is 0 Å². The Morgan fingerprint density at radius 1 is 1.31 bits per heavy atom. The molecule has 1 aromatic heterocycles. The van der Waals surface area contributed by atoms with Crippen molar-refractivity contribution in [2.45, 2.75) is 13.5 Å². The molecule has 0 amide bonds. The molecule has 0 aliphatic carbocycles. The Balaban J connectivity index is 2.64. The summed E-state index contributed by atoms with van der Waals surface area (Å²) in [4.78, 5) is 0. The molecule has 0 N–H and O–H groups in total. The molecule has 2 heteroatoms. The molecule has 68 valence electrons. The zero-order valence-corrected chi connectivity index (χ0v) is 7.63. The van der Waals surface area contributed by atoms with E-state index in [0.717, 1.165) is 11.2 Å². The average Bonchev–Trinajstić information content (AvgIpc) is 2.44. The first-order valence-electron chi connectivity index (χ1n) is 4.44. The molecule has 0 fully saturated rings. The second-order valence-electron chi connectivity index (χ2n) is 3.19. The van der Waals surface area contributed by atoms with E-state index in [2.05, 4.69) is 12.1 Å². The minimum atomic E-state index is -0.306. The van der Waals surface area contributed by atoms with Crippen LogP contribution < -0.4 is 0 Å². The monoisotopic (exact) mass is 177 g/mol. The van der Waals surface area contributed by atoms with E-state index in [4.69, 9.17) is 0 Å². The van der Waals surface area contributed by atoms with Crippen molar-refractivity contribution in [3.05, 3.63) is 36.0 Å². The van der Waals surface area contributed by atoms with Crippen LogP contribution in [0.4, 0.5) is 4.39 Å². The normalized spacial score (nSPS) is 10.9. The first-order chi connectivity index (χ1) is 6.33.